The number of aliphatic hydroxyl groups is 2. The minimum absolute atomic E-state index is 0.0884. The van der Waals surface area contributed by atoms with Gasteiger partial charge >= 0.3 is 0 Å². The number of hydrogen-bond acceptors (Lipinski definition) is 3. The molecule has 0 spiro atoms. The van der Waals surface area contributed by atoms with Crippen molar-refractivity contribution in [3.63, 3.8) is 0 Å². The van der Waals surface area contributed by atoms with Crippen molar-refractivity contribution in [2.75, 3.05) is 6.54 Å². The van der Waals surface area contributed by atoms with Crippen LogP contribution in [0.2, 0.25) is 0 Å². The molecule has 1 aromatic rings. The van der Waals surface area contributed by atoms with E-state index in [9.17, 15) is 10.2 Å². The van der Waals surface area contributed by atoms with Crippen LogP contribution in [-0.4, -0.2) is 16.8 Å². The Morgan fingerprint density at radius 3 is 2.86 bits per heavy atom. The van der Waals surface area contributed by atoms with Crippen LogP contribution in [0.1, 0.15) is 36.4 Å². The van der Waals surface area contributed by atoms with E-state index >= 15 is 0 Å². The van der Waals surface area contributed by atoms with Gasteiger partial charge in [-0.25, -0.2) is 0 Å². The number of aryl methyl sites for hydroxylation is 1. The first-order valence-electron chi connectivity index (χ1n) is 8.02. The zero-order chi connectivity index (χ0) is 15.3. The molecule has 0 radical (unpaired) electrons. The van der Waals surface area contributed by atoms with Crippen molar-refractivity contribution < 1.29 is 10.2 Å². The molecule has 1 aliphatic heterocycles. The van der Waals surface area contributed by atoms with E-state index in [1.807, 2.05) is 6.08 Å². The molecule has 2 atom stereocenters. The van der Waals surface area contributed by atoms with Crippen LogP contribution in [-0.2, 0) is 0 Å². The van der Waals surface area contributed by atoms with E-state index in [4.69, 9.17) is 0 Å². The van der Waals surface area contributed by atoms with Crippen LogP contribution in [0.4, 0.5) is 0 Å². The molecule has 0 unspecified atom stereocenters. The summed E-state index contributed by atoms with van der Waals surface area (Å²) in [7, 11) is 0. The lowest BCUT2D eigenvalue weighted by molar-refractivity contribution is 0.333. The average molecular weight is 295 g/mol. The van der Waals surface area contributed by atoms with Gasteiger partial charge in [0.1, 0.15) is 11.5 Å². The fourth-order valence-electron chi connectivity index (χ4n) is 4.09. The Hall–Kier alpha value is -2.00. The number of rotatable bonds is 1. The first-order chi connectivity index (χ1) is 10.6. The average Bonchev–Trinajstić information content (AvgIpc) is 2.73. The smallest absolute Gasteiger partial charge is 0.126 e. The number of aliphatic hydroxyl groups excluding tert-OH is 2. The maximum absolute atomic E-state index is 10.3. The quantitative estimate of drug-likeness (QED) is 0.734. The molecule has 4 rings (SSSR count). The lowest BCUT2D eigenvalue weighted by Gasteiger charge is -2.25. The van der Waals surface area contributed by atoms with Crippen molar-refractivity contribution in [1.29, 1.82) is 0 Å². The van der Waals surface area contributed by atoms with Gasteiger partial charge in [0.05, 0.1) is 11.6 Å². The summed E-state index contributed by atoms with van der Waals surface area (Å²) in [5.41, 5.74) is 5.45. The second-order valence-corrected chi connectivity index (χ2v) is 6.55. The SMILES string of the molecule is Cc1cccc([C@H]2NCC[C@H]3CCC(O)=C4C(O)=CC2=C43)c1. The molecule has 3 N–H and O–H groups in total. The van der Waals surface area contributed by atoms with Gasteiger partial charge in [0.15, 0.2) is 0 Å². The largest absolute Gasteiger partial charge is 0.512 e. The molecule has 3 nitrogen and oxygen atoms in total. The summed E-state index contributed by atoms with van der Waals surface area (Å²) < 4.78 is 0. The normalized spacial score (nSPS) is 27.6. The zero-order valence-electron chi connectivity index (χ0n) is 12.8. The van der Waals surface area contributed by atoms with Crippen LogP contribution in [0.5, 0.6) is 0 Å². The topological polar surface area (TPSA) is 52.5 Å². The highest BCUT2D eigenvalue weighted by atomic mass is 16.3. The predicted octanol–water partition coefficient (Wildman–Crippen LogP) is 4.00. The second kappa shape index (κ2) is 5.03. The third-order valence-corrected chi connectivity index (χ3v) is 5.08. The van der Waals surface area contributed by atoms with Crippen LogP contribution in [0.3, 0.4) is 0 Å². The summed E-state index contributed by atoms with van der Waals surface area (Å²) in [6.45, 7) is 3.06. The fraction of sp³-hybridized carbons (Fsp3) is 0.368. The summed E-state index contributed by atoms with van der Waals surface area (Å²) in [6, 6.07) is 8.59. The summed E-state index contributed by atoms with van der Waals surface area (Å²) in [5.74, 6) is 1.01. The lowest BCUT2D eigenvalue weighted by atomic mass is 9.80. The molecule has 22 heavy (non-hydrogen) atoms. The van der Waals surface area contributed by atoms with Gasteiger partial charge in [-0.3, -0.25) is 0 Å². The molecule has 0 amide bonds. The Morgan fingerprint density at radius 2 is 2.05 bits per heavy atom. The summed E-state index contributed by atoms with van der Waals surface area (Å²) in [5, 5.41) is 24.2. The van der Waals surface area contributed by atoms with Gasteiger partial charge in [-0.05, 0) is 55.0 Å². The van der Waals surface area contributed by atoms with Crippen molar-refractivity contribution >= 4 is 0 Å². The summed E-state index contributed by atoms with van der Waals surface area (Å²) in [4.78, 5) is 0. The monoisotopic (exact) mass is 295 g/mol. The van der Waals surface area contributed by atoms with Crippen molar-refractivity contribution in [2.45, 2.75) is 32.2 Å². The Morgan fingerprint density at radius 1 is 1.18 bits per heavy atom. The third kappa shape index (κ3) is 2.00. The number of benzene rings is 1. The van der Waals surface area contributed by atoms with E-state index in [1.165, 1.54) is 11.1 Å². The number of hydrogen-bond donors (Lipinski definition) is 3. The molecule has 3 aliphatic rings. The highest BCUT2D eigenvalue weighted by Gasteiger charge is 2.38. The van der Waals surface area contributed by atoms with Crippen LogP contribution < -0.4 is 5.32 Å². The van der Waals surface area contributed by atoms with Gasteiger partial charge < -0.3 is 15.5 Å². The first kappa shape index (κ1) is 13.6. The zero-order valence-corrected chi connectivity index (χ0v) is 12.8. The molecule has 3 heteroatoms. The van der Waals surface area contributed by atoms with Crippen molar-refractivity contribution in [3.8, 4) is 0 Å². The van der Waals surface area contributed by atoms with Crippen molar-refractivity contribution in [1.82, 2.24) is 5.32 Å². The van der Waals surface area contributed by atoms with Crippen LogP contribution >= 0.6 is 0 Å². The molecule has 1 aromatic carbocycles. The third-order valence-electron chi connectivity index (χ3n) is 5.08. The molecular weight excluding hydrogens is 274 g/mol. The standard InChI is InChI=1S/C19H21NO2/c1-11-3-2-4-13(9-11)19-14-10-16(22)18-15(21)6-5-12(17(14)18)7-8-20-19/h2-4,9-10,12,19-22H,5-8H2,1H3/t12-,19-/m1/s1. The Kier molecular flexibility index (Phi) is 3.12. The van der Waals surface area contributed by atoms with E-state index in [1.54, 1.807) is 0 Å². The maximum Gasteiger partial charge on any atom is 0.126 e. The molecule has 0 saturated carbocycles. The van der Waals surface area contributed by atoms with Crippen LogP contribution in [0, 0.1) is 12.8 Å². The van der Waals surface area contributed by atoms with Crippen molar-refractivity contribution in [2.24, 2.45) is 5.92 Å². The fourth-order valence-corrected chi connectivity index (χ4v) is 4.09. The lowest BCUT2D eigenvalue weighted by Crippen LogP contribution is -2.22. The van der Waals surface area contributed by atoms with Gasteiger partial charge in [0, 0.05) is 6.42 Å². The molecule has 0 saturated heterocycles. The number of nitrogens with one attached hydrogen (secondary N) is 1. The van der Waals surface area contributed by atoms with Gasteiger partial charge in [-0.15, -0.1) is 0 Å². The Labute approximate surface area is 130 Å². The van der Waals surface area contributed by atoms with Gasteiger partial charge in [0.25, 0.3) is 0 Å². The molecule has 0 fully saturated rings. The van der Waals surface area contributed by atoms with E-state index in [0.717, 1.165) is 30.5 Å². The summed E-state index contributed by atoms with van der Waals surface area (Å²) in [6.07, 6.45) is 4.55. The first-order valence-corrected chi connectivity index (χ1v) is 8.02. The van der Waals surface area contributed by atoms with E-state index in [0.29, 0.717) is 23.7 Å². The summed E-state index contributed by atoms with van der Waals surface area (Å²) >= 11 is 0. The van der Waals surface area contributed by atoms with Crippen LogP contribution in [0.15, 0.2) is 58.6 Å². The predicted molar refractivity (Wildman–Crippen MR) is 86.7 cm³/mol. The van der Waals surface area contributed by atoms with Crippen LogP contribution in [0.25, 0.3) is 0 Å². The van der Waals surface area contributed by atoms with E-state index in [2.05, 4.69) is 36.5 Å². The molecular formula is C19H21NO2. The second-order valence-electron chi connectivity index (χ2n) is 6.55. The molecule has 0 aromatic heterocycles. The molecule has 2 aliphatic carbocycles. The van der Waals surface area contributed by atoms with E-state index in [-0.39, 0.29) is 11.8 Å². The van der Waals surface area contributed by atoms with E-state index < -0.39 is 0 Å². The van der Waals surface area contributed by atoms with Gasteiger partial charge in [0.2, 0.25) is 0 Å². The number of allylic oxidation sites excluding steroid dienone is 2. The minimum Gasteiger partial charge on any atom is -0.512 e. The molecule has 0 bridgehead atoms. The Bertz CT molecular complexity index is 727. The highest BCUT2D eigenvalue weighted by Crippen LogP contribution is 2.48. The Balaban J connectivity index is 1.88. The molecule has 114 valence electrons. The highest BCUT2D eigenvalue weighted by molar-refractivity contribution is 5.62. The van der Waals surface area contributed by atoms with Crippen molar-refractivity contribution in [3.05, 3.63) is 69.7 Å². The van der Waals surface area contributed by atoms with Gasteiger partial charge in [-0.1, -0.05) is 29.8 Å². The minimum atomic E-state index is 0.0884. The van der Waals surface area contributed by atoms with Gasteiger partial charge in [-0.2, -0.15) is 0 Å². The maximum atomic E-state index is 10.3. The molecule has 1 heterocycles.